The molecule has 4 aromatic rings. The van der Waals surface area contributed by atoms with Crippen molar-refractivity contribution < 1.29 is 9.13 Å². The highest BCUT2D eigenvalue weighted by atomic mass is 19.1. The number of piperazine rings is 1. The summed E-state index contributed by atoms with van der Waals surface area (Å²) in [6.07, 6.45) is 2.03. The van der Waals surface area contributed by atoms with Gasteiger partial charge < -0.3 is 14.6 Å². The van der Waals surface area contributed by atoms with Gasteiger partial charge in [0.15, 0.2) is 5.82 Å². The van der Waals surface area contributed by atoms with Crippen LogP contribution in [0.3, 0.4) is 0 Å². The Morgan fingerprint density at radius 3 is 2.71 bits per heavy atom. The summed E-state index contributed by atoms with van der Waals surface area (Å²) < 4.78 is 22.1. The molecule has 38 heavy (non-hydrogen) atoms. The van der Waals surface area contributed by atoms with Crippen molar-refractivity contribution in [3.05, 3.63) is 81.2 Å². The number of benzene rings is 2. The highest BCUT2D eigenvalue weighted by Crippen LogP contribution is 2.31. The maximum absolute atomic E-state index is 14.5. The third-order valence-electron chi connectivity index (χ3n) is 7.71. The summed E-state index contributed by atoms with van der Waals surface area (Å²) in [7, 11) is 0. The highest BCUT2D eigenvalue weighted by Gasteiger charge is 2.34. The number of aromatic amines is 1. The van der Waals surface area contributed by atoms with Crippen LogP contribution < -0.4 is 10.5 Å². The van der Waals surface area contributed by atoms with Gasteiger partial charge in [-0.05, 0) is 72.5 Å². The van der Waals surface area contributed by atoms with Gasteiger partial charge in [-0.15, -0.1) is 5.10 Å². The van der Waals surface area contributed by atoms with E-state index < -0.39 is 6.04 Å². The molecule has 2 fully saturated rings. The zero-order chi connectivity index (χ0) is 26.2. The minimum absolute atomic E-state index is 0.0518. The molecule has 0 radical (unpaired) electrons. The van der Waals surface area contributed by atoms with Gasteiger partial charge in [0.1, 0.15) is 11.9 Å². The standard InChI is InChI=1S/C28H32FN7O2/c1-18-14-19(2)21-16-22(28(37)30-24(21)15-18)26(27-31-32-33-36(27)17-20-6-5-13-38-20)35-11-9-34(10-12-35)25-8-4-3-7-23(25)29/h3-4,7-8,14-16,20,26H,5-6,9-13,17H2,1-2H3,(H,30,37)/t20-,26-/m0/s1. The predicted molar refractivity (Wildman–Crippen MR) is 143 cm³/mol. The fourth-order valence-electron chi connectivity index (χ4n) is 5.84. The van der Waals surface area contributed by atoms with Crippen LogP contribution in [-0.2, 0) is 11.3 Å². The van der Waals surface area contributed by atoms with E-state index in [0.29, 0.717) is 49.8 Å². The number of fused-ring (bicyclic) bond motifs is 1. The van der Waals surface area contributed by atoms with Crippen LogP contribution in [0.1, 0.15) is 41.4 Å². The summed E-state index contributed by atoms with van der Waals surface area (Å²) in [4.78, 5) is 21.0. The molecule has 10 heteroatoms. The molecule has 0 aliphatic carbocycles. The Bertz CT molecular complexity index is 1500. The van der Waals surface area contributed by atoms with Gasteiger partial charge in [0.05, 0.1) is 18.3 Å². The van der Waals surface area contributed by atoms with Crippen LogP contribution >= 0.6 is 0 Å². The third kappa shape index (κ3) is 4.69. The Hall–Kier alpha value is -3.63. The van der Waals surface area contributed by atoms with Crippen molar-refractivity contribution in [2.24, 2.45) is 0 Å². The van der Waals surface area contributed by atoms with Crippen molar-refractivity contribution in [3.8, 4) is 0 Å². The maximum Gasteiger partial charge on any atom is 0.253 e. The predicted octanol–water partition coefficient (Wildman–Crippen LogP) is 3.36. The van der Waals surface area contributed by atoms with E-state index in [-0.39, 0.29) is 17.5 Å². The summed E-state index contributed by atoms with van der Waals surface area (Å²) in [5.41, 5.74) is 4.06. The highest BCUT2D eigenvalue weighted by molar-refractivity contribution is 5.83. The molecule has 2 saturated heterocycles. The lowest BCUT2D eigenvalue weighted by Gasteiger charge is -2.39. The molecule has 0 saturated carbocycles. The Morgan fingerprint density at radius 2 is 1.95 bits per heavy atom. The van der Waals surface area contributed by atoms with Crippen LogP contribution in [0.25, 0.3) is 10.9 Å². The van der Waals surface area contributed by atoms with E-state index >= 15 is 0 Å². The molecule has 0 spiro atoms. The Kier molecular flexibility index (Phi) is 6.67. The molecule has 0 amide bonds. The number of aryl methyl sites for hydroxylation is 2. The zero-order valence-electron chi connectivity index (χ0n) is 21.7. The summed E-state index contributed by atoms with van der Waals surface area (Å²) >= 11 is 0. The smallest absolute Gasteiger partial charge is 0.253 e. The number of para-hydroxylation sites is 1. The number of nitrogens with zero attached hydrogens (tertiary/aromatic N) is 6. The number of hydrogen-bond acceptors (Lipinski definition) is 7. The van der Waals surface area contributed by atoms with Crippen molar-refractivity contribution in [3.63, 3.8) is 0 Å². The largest absolute Gasteiger partial charge is 0.376 e. The first-order chi connectivity index (χ1) is 18.5. The molecule has 2 aromatic carbocycles. The maximum atomic E-state index is 14.5. The quantitative estimate of drug-likeness (QED) is 0.419. The Balaban J connectivity index is 1.39. The molecule has 2 aliphatic rings. The van der Waals surface area contributed by atoms with Crippen molar-refractivity contribution in [2.45, 2.75) is 45.4 Å². The minimum Gasteiger partial charge on any atom is -0.376 e. The van der Waals surface area contributed by atoms with Gasteiger partial charge in [-0.3, -0.25) is 9.69 Å². The van der Waals surface area contributed by atoms with E-state index in [9.17, 15) is 9.18 Å². The van der Waals surface area contributed by atoms with Gasteiger partial charge in [-0.25, -0.2) is 9.07 Å². The summed E-state index contributed by atoms with van der Waals surface area (Å²) in [5, 5.41) is 13.7. The molecule has 198 valence electrons. The lowest BCUT2D eigenvalue weighted by Crippen LogP contribution is -2.49. The zero-order valence-corrected chi connectivity index (χ0v) is 21.7. The molecule has 0 unspecified atom stereocenters. The second-order valence-electron chi connectivity index (χ2n) is 10.3. The monoisotopic (exact) mass is 517 g/mol. The molecular weight excluding hydrogens is 485 g/mol. The van der Waals surface area contributed by atoms with Gasteiger partial charge in [0, 0.05) is 49.3 Å². The third-order valence-corrected chi connectivity index (χ3v) is 7.71. The van der Waals surface area contributed by atoms with Crippen LogP contribution in [0.2, 0.25) is 0 Å². The SMILES string of the molecule is Cc1cc(C)c2cc([C@@H](c3nnnn3C[C@@H]3CCCO3)N3CCN(c4ccccc4F)CC3)c(=O)[nH]c2c1. The second-order valence-corrected chi connectivity index (χ2v) is 10.3. The average molecular weight is 518 g/mol. The Morgan fingerprint density at radius 1 is 1.13 bits per heavy atom. The first kappa shape index (κ1) is 24.7. The number of nitrogens with one attached hydrogen (secondary N) is 1. The first-order valence-corrected chi connectivity index (χ1v) is 13.2. The number of hydrogen-bond donors (Lipinski definition) is 1. The molecule has 2 aromatic heterocycles. The van der Waals surface area contributed by atoms with Crippen molar-refractivity contribution in [1.29, 1.82) is 0 Å². The lowest BCUT2D eigenvalue weighted by atomic mass is 9.99. The molecular formula is C28H32FN7O2. The normalized spacial score (nSPS) is 19.3. The van der Waals surface area contributed by atoms with E-state index in [0.717, 1.165) is 41.5 Å². The van der Waals surface area contributed by atoms with Crippen LogP contribution in [0, 0.1) is 19.7 Å². The number of pyridine rings is 1. The van der Waals surface area contributed by atoms with Crippen LogP contribution in [-0.4, -0.2) is 69.0 Å². The first-order valence-electron chi connectivity index (χ1n) is 13.2. The molecule has 6 rings (SSSR count). The Labute approximate surface area is 220 Å². The fraction of sp³-hybridized carbons (Fsp3) is 0.429. The van der Waals surface area contributed by atoms with Crippen molar-refractivity contribution in [1.82, 2.24) is 30.1 Å². The number of H-pyrrole nitrogens is 1. The van der Waals surface area contributed by atoms with Crippen LogP contribution in [0.15, 0.2) is 47.3 Å². The van der Waals surface area contributed by atoms with E-state index in [1.54, 1.807) is 10.7 Å². The molecule has 9 nitrogen and oxygen atoms in total. The number of anilines is 1. The van der Waals surface area contributed by atoms with Gasteiger partial charge in [0.25, 0.3) is 5.56 Å². The van der Waals surface area contributed by atoms with E-state index in [2.05, 4.69) is 43.3 Å². The lowest BCUT2D eigenvalue weighted by molar-refractivity contribution is 0.0906. The number of tetrazole rings is 1. The van der Waals surface area contributed by atoms with Gasteiger partial charge in [-0.1, -0.05) is 18.2 Å². The van der Waals surface area contributed by atoms with Gasteiger partial charge in [-0.2, -0.15) is 0 Å². The molecule has 4 heterocycles. The van der Waals surface area contributed by atoms with Crippen LogP contribution in [0.4, 0.5) is 10.1 Å². The van der Waals surface area contributed by atoms with E-state index in [1.165, 1.54) is 6.07 Å². The number of ether oxygens (including phenoxy) is 1. The van der Waals surface area contributed by atoms with Gasteiger partial charge in [0.2, 0.25) is 0 Å². The number of halogens is 1. The summed E-state index contributed by atoms with van der Waals surface area (Å²) in [6.45, 7) is 7.84. The van der Waals surface area contributed by atoms with E-state index in [4.69, 9.17) is 4.74 Å². The second kappa shape index (κ2) is 10.3. The molecule has 1 N–H and O–H groups in total. The molecule has 2 aliphatic heterocycles. The van der Waals surface area contributed by atoms with Crippen LogP contribution in [0.5, 0.6) is 0 Å². The van der Waals surface area contributed by atoms with Crippen molar-refractivity contribution >= 4 is 16.6 Å². The minimum atomic E-state index is -0.456. The summed E-state index contributed by atoms with van der Waals surface area (Å²) in [5.74, 6) is 0.393. The van der Waals surface area contributed by atoms with E-state index in [1.807, 2.05) is 31.2 Å². The molecule has 0 bridgehead atoms. The number of rotatable bonds is 6. The van der Waals surface area contributed by atoms with Gasteiger partial charge >= 0.3 is 0 Å². The summed E-state index contributed by atoms with van der Waals surface area (Å²) in [6, 6.07) is 12.5. The molecule has 2 atom stereocenters. The topological polar surface area (TPSA) is 92.2 Å². The average Bonchev–Trinajstić information content (AvgIpc) is 3.58. The number of aromatic nitrogens is 5. The fourth-order valence-corrected chi connectivity index (χ4v) is 5.84. The van der Waals surface area contributed by atoms with Crippen molar-refractivity contribution in [2.75, 3.05) is 37.7 Å².